The summed E-state index contributed by atoms with van der Waals surface area (Å²) < 4.78 is 43.4. The average Bonchev–Trinajstić information content (AvgIpc) is 2.84. The number of alkyl halides is 3. The highest BCUT2D eigenvalue weighted by atomic mass is 19.4. The Balaban J connectivity index is 2.17. The minimum Gasteiger partial charge on any atom is -0.462 e. The predicted octanol–water partition coefficient (Wildman–Crippen LogP) is 1.67. The first-order chi connectivity index (χ1) is 8.99. The molecule has 1 saturated heterocycles. The highest BCUT2D eigenvalue weighted by molar-refractivity contribution is 5.11. The molecule has 108 valence electrons. The molecule has 0 aliphatic carbocycles. The van der Waals surface area contributed by atoms with E-state index in [9.17, 15) is 13.2 Å². The third-order valence-electron chi connectivity index (χ3n) is 3.18. The van der Waals surface area contributed by atoms with Crippen molar-refractivity contribution in [2.45, 2.75) is 25.2 Å². The van der Waals surface area contributed by atoms with E-state index in [1.54, 1.807) is 4.90 Å². The van der Waals surface area contributed by atoms with Crippen LogP contribution in [0.2, 0.25) is 0 Å². The zero-order valence-electron chi connectivity index (χ0n) is 10.4. The highest BCUT2D eigenvalue weighted by Gasteiger charge is 2.37. The van der Waals surface area contributed by atoms with Crippen LogP contribution in [0.5, 0.6) is 0 Å². The van der Waals surface area contributed by atoms with Crippen molar-refractivity contribution in [3.8, 4) is 0 Å². The molecule has 2 N–H and O–H groups in total. The van der Waals surface area contributed by atoms with Gasteiger partial charge >= 0.3 is 6.18 Å². The molecule has 2 rings (SSSR count). The van der Waals surface area contributed by atoms with Crippen LogP contribution in [0.25, 0.3) is 0 Å². The van der Waals surface area contributed by atoms with Crippen LogP contribution in [0.1, 0.15) is 24.0 Å². The number of furan rings is 1. The van der Waals surface area contributed by atoms with Crippen molar-refractivity contribution in [2.24, 2.45) is 0 Å². The van der Waals surface area contributed by atoms with E-state index in [2.05, 4.69) is 5.32 Å². The zero-order chi connectivity index (χ0) is 13.9. The van der Waals surface area contributed by atoms with Gasteiger partial charge in [-0.15, -0.1) is 0 Å². The van der Waals surface area contributed by atoms with Crippen LogP contribution < -0.4 is 5.32 Å². The van der Waals surface area contributed by atoms with Gasteiger partial charge in [-0.05, 0) is 12.1 Å². The van der Waals surface area contributed by atoms with E-state index in [4.69, 9.17) is 9.52 Å². The van der Waals surface area contributed by atoms with Crippen LogP contribution >= 0.6 is 0 Å². The maximum Gasteiger partial charge on any atom is 0.391 e. The Morgan fingerprint density at radius 2 is 2.00 bits per heavy atom. The lowest BCUT2D eigenvalue weighted by atomic mass is 10.1. The fourth-order valence-corrected chi connectivity index (χ4v) is 2.28. The van der Waals surface area contributed by atoms with E-state index >= 15 is 0 Å². The number of aliphatic hydroxyl groups is 1. The molecule has 1 aliphatic rings. The summed E-state index contributed by atoms with van der Waals surface area (Å²) in [6, 6.07) is 2.22. The zero-order valence-corrected chi connectivity index (χ0v) is 10.4. The average molecular weight is 278 g/mol. The maximum absolute atomic E-state index is 12.7. The molecule has 0 saturated carbocycles. The van der Waals surface area contributed by atoms with E-state index in [1.807, 2.05) is 0 Å². The Morgan fingerprint density at radius 1 is 1.32 bits per heavy atom. The van der Waals surface area contributed by atoms with Crippen molar-refractivity contribution in [3.63, 3.8) is 0 Å². The molecular weight excluding hydrogens is 261 g/mol. The van der Waals surface area contributed by atoms with Crippen molar-refractivity contribution in [1.29, 1.82) is 0 Å². The topological polar surface area (TPSA) is 48.6 Å². The third-order valence-corrected chi connectivity index (χ3v) is 3.18. The SMILES string of the molecule is OCc1ccc([C@@H](CC(F)(F)F)N2CCNCC2)o1. The van der Waals surface area contributed by atoms with Gasteiger partial charge in [0.1, 0.15) is 18.1 Å². The largest absolute Gasteiger partial charge is 0.462 e. The third kappa shape index (κ3) is 3.95. The van der Waals surface area contributed by atoms with Gasteiger partial charge in [-0.25, -0.2) is 0 Å². The fraction of sp³-hybridized carbons (Fsp3) is 0.667. The Labute approximate surface area is 109 Å². The first-order valence-electron chi connectivity index (χ1n) is 6.20. The minimum absolute atomic E-state index is 0.267. The molecule has 0 aromatic carbocycles. The molecule has 1 fully saturated rings. The van der Waals surface area contributed by atoms with Crippen molar-refractivity contribution < 1.29 is 22.7 Å². The predicted molar refractivity (Wildman–Crippen MR) is 62.5 cm³/mol. The summed E-state index contributed by atoms with van der Waals surface area (Å²) in [7, 11) is 0. The number of nitrogens with zero attached hydrogens (tertiary/aromatic N) is 1. The van der Waals surface area contributed by atoms with E-state index in [0.29, 0.717) is 26.2 Å². The van der Waals surface area contributed by atoms with Crippen molar-refractivity contribution in [1.82, 2.24) is 10.2 Å². The summed E-state index contributed by atoms with van der Waals surface area (Å²) in [5.41, 5.74) is 0. The molecule has 1 aromatic rings. The van der Waals surface area contributed by atoms with Crippen LogP contribution in [0.4, 0.5) is 13.2 Å². The number of hydrogen-bond acceptors (Lipinski definition) is 4. The molecule has 0 bridgehead atoms. The van der Waals surface area contributed by atoms with Crippen molar-refractivity contribution in [3.05, 3.63) is 23.7 Å². The first-order valence-corrected chi connectivity index (χ1v) is 6.20. The highest BCUT2D eigenvalue weighted by Crippen LogP contribution is 2.34. The van der Waals surface area contributed by atoms with E-state index in [1.165, 1.54) is 12.1 Å². The molecule has 7 heteroatoms. The lowest BCUT2D eigenvalue weighted by molar-refractivity contribution is -0.150. The summed E-state index contributed by atoms with van der Waals surface area (Å²) in [5.74, 6) is 0.556. The summed E-state index contributed by atoms with van der Waals surface area (Å²) in [4.78, 5) is 1.77. The summed E-state index contributed by atoms with van der Waals surface area (Å²) in [6.07, 6.45) is -5.19. The standard InChI is InChI=1S/C12H17F3N2O2/c13-12(14,15)7-10(17-5-3-16-4-6-17)11-2-1-9(8-18)19-11/h1-2,10,16,18H,3-8H2/t10-/m1/s1. The minimum atomic E-state index is -4.25. The molecule has 4 nitrogen and oxygen atoms in total. The maximum atomic E-state index is 12.7. The number of hydrogen-bond donors (Lipinski definition) is 2. The van der Waals surface area contributed by atoms with Crippen LogP contribution in [-0.4, -0.2) is 42.4 Å². The van der Waals surface area contributed by atoms with Gasteiger partial charge in [-0.2, -0.15) is 13.2 Å². The number of aliphatic hydroxyl groups excluding tert-OH is 1. The smallest absolute Gasteiger partial charge is 0.391 e. The summed E-state index contributed by atoms with van der Waals surface area (Å²) in [5, 5.41) is 12.0. The summed E-state index contributed by atoms with van der Waals surface area (Å²) >= 11 is 0. The van der Waals surface area contributed by atoms with E-state index in [-0.39, 0.29) is 18.1 Å². The molecule has 0 radical (unpaired) electrons. The fourth-order valence-electron chi connectivity index (χ4n) is 2.28. The molecule has 1 atom stereocenters. The summed E-state index contributed by atoms with van der Waals surface area (Å²) in [6.45, 7) is 2.13. The Hall–Kier alpha value is -1.05. The lowest BCUT2D eigenvalue weighted by Gasteiger charge is -2.34. The van der Waals surface area contributed by atoms with Crippen LogP contribution in [0.3, 0.4) is 0 Å². The Kier molecular flexibility index (Phi) is 4.49. The Morgan fingerprint density at radius 3 is 2.53 bits per heavy atom. The van der Waals surface area contributed by atoms with Crippen LogP contribution in [0, 0.1) is 0 Å². The molecule has 0 spiro atoms. The lowest BCUT2D eigenvalue weighted by Crippen LogP contribution is -2.46. The van der Waals surface area contributed by atoms with Gasteiger partial charge in [-0.1, -0.05) is 0 Å². The first kappa shape index (κ1) is 14.4. The van der Waals surface area contributed by atoms with Gasteiger partial charge in [0.2, 0.25) is 0 Å². The molecule has 1 aromatic heterocycles. The number of rotatable bonds is 4. The molecule has 1 aliphatic heterocycles. The van der Waals surface area contributed by atoms with Gasteiger partial charge in [0.25, 0.3) is 0 Å². The molecule has 19 heavy (non-hydrogen) atoms. The quantitative estimate of drug-likeness (QED) is 0.879. The Bertz CT molecular complexity index is 400. The number of halogens is 3. The number of nitrogens with one attached hydrogen (secondary N) is 1. The molecule has 0 unspecified atom stereocenters. The monoisotopic (exact) mass is 278 g/mol. The van der Waals surface area contributed by atoms with Crippen molar-refractivity contribution >= 4 is 0 Å². The van der Waals surface area contributed by atoms with Gasteiger partial charge < -0.3 is 14.8 Å². The van der Waals surface area contributed by atoms with Crippen LogP contribution in [0.15, 0.2) is 16.5 Å². The van der Waals surface area contributed by atoms with Gasteiger partial charge in [0.15, 0.2) is 0 Å². The second-order valence-corrected chi connectivity index (χ2v) is 4.58. The van der Waals surface area contributed by atoms with Crippen molar-refractivity contribution in [2.75, 3.05) is 26.2 Å². The van der Waals surface area contributed by atoms with Gasteiger partial charge in [0.05, 0.1) is 12.5 Å². The van der Waals surface area contributed by atoms with E-state index in [0.717, 1.165) is 0 Å². The molecule has 0 amide bonds. The molecule has 2 heterocycles. The number of piperazine rings is 1. The van der Waals surface area contributed by atoms with Gasteiger partial charge in [-0.3, -0.25) is 4.90 Å². The van der Waals surface area contributed by atoms with E-state index < -0.39 is 18.6 Å². The second-order valence-electron chi connectivity index (χ2n) is 4.58. The molecular formula is C12H17F3N2O2. The second kappa shape index (κ2) is 5.94. The normalized spacial score (nSPS) is 19.6. The van der Waals surface area contributed by atoms with Gasteiger partial charge in [0, 0.05) is 26.2 Å². The van der Waals surface area contributed by atoms with Crippen LogP contribution in [-0.2, 0) is 6.61 Å².